The van der Waals surface area contributed by atoms with Gasteiger partial charge in [0, 0.05) is 19.5 Å². The smallest absolute Gasteiger partial charge is 0.230 e. The summed E-state index contributed by atoms with van der Waals surface area (Å²) in [6.45, 7) is 5.06. The summed E-state index contributed by atoms with van der Waals surface area (Å²) in [5.74, 6) is 2.75. The fraction of sp³-hybridized carbons (Fsp3) is 0.769. The molecule has 1 aliphatic rings. The first kappa shape index (κ1) is 14.4. The van der Waals surface area contributed by atoms with E-state index in [4.69, 9.17) is 0 Å². The maximum absolute atomic E-state index is 11.7. The monoisotopic (exact) mass is 282 g/mol. The molecule has 1 heterocycles. The molecule has 2 rings (SSSR count). The second-order valence-electron chi connectivity index (χ2n) is 5.50. The van der Waals surface area contributed by atoms with Crippen molar-refractivity contribution in [3.8, 4) is 0 Å². The van der Waals surface area contributed by atoms with Crippen LogP contribution in [0.5, 0.6) is 0 Å². The van der Waals surface area contributed by atoms with Crippen molar-refractivity contribution in [3.05, 3.63) is 5.82 Å². The minimum atomic E-state index is 0.0709. The zero-order valence-electron chi connectivity index (χ0n) is 11.8. The number of nitrogens with one attached hydrogen (secondary N) is 1. The van der Waals surface area contributed by atoms with Crippen molar-refractivity contribution < 1.29 is 4.79 Å². The molecule has 0 bridgehead atoms. The van der Waals surface area contributed by atoms with Crippen molar-refractivity contribution in [2.45, 2.75) is 44.2 Å². The number of carbonyl (C=O) groups excluding carboxylic acids is 1. The van der Waals surface area contributed by atoms with Gasteiger partial charge in [-0.3, -0.25) is 4.79 Å². The molecule has 1 aromatic heterocycles. The number of hydrogen-bond donors (Lipinski definition) is 1. The van der Waals surface area contributed by atoms with Crippen LogP contribution in [0.2, 0.25) is 0 Å². The van der Waals surface area contributed by atoms with E-state index in [1.807, 2.05) is 11.6 Å². The zero-order valence-corrected chi connectivity index (χ0v) is 12.7. The van der Waals surface area contributed by atoms with Gasteiger partial charge in [0.1, 0.15) is 5.82 Å². The molecule has 0 aliphatic heterocycles. The van der Waals surface area contributed by atoms with Crippen LogP contribution in [-0.4, -0.2) is 33.0 Å². The molecule has 1 fully saturated rings. The molecular formula is C13H22N4OS. The van der Waals surface area contributed by atoms with Crippen molar-refractivity contribution in [2.24, 2.45) is 13.0 Å². The van der Waals surface area contributed by atoms with Gasteiger partial charge in [0.15, 0.2) is 5.16 Å². The Bertz CT molecular complexity index is 440. The first-order valence-corrected chi connectivity index (χ1v) is 7.85. The van der Waals surface area contributed by atoms with Crippen LogP contribution in [0.15, 0.2) is 5.16 Å². The maximum Gasteiger partial charge on any atom is 0.230 e. The van der Waals surface area contributed by atoms with Crippen LogP contribution in [-0.2, 0) is 11.8 Å². The third-order valence-corrected chi connectivity index (χ3v) is 4.21. The second kappa shape index (κ2) is 6.41. The molecule has 19 heavy (non-hydrogen) atoms. The first-order chi connectivity index (χ1) is 9.08. The molecule has 6 heteroatoms. The van der Waals surface area contributed by atoms with Gasteiger partial charge in [0.05, 0.1) is 5.75 Å². The quantitative estimate of drug-likeness (QED) is 0.777. The summed E-state index contributed by atoms with van der Waals surface area (Å²) < 4.78 is 2.02. The fourth-order valence-corrected chi connectivity index (χ4v) is 2.58. The summed E-state index contributed by atoms with van der Waals surface area (Å²) in [6, 6.07) is 0. The number of hydrogen-bond acceptors (Lipinski definition) is 4. The summed E-state index contributed by atoms with van der Waals surface area (Å²) in [5.41, 5.74) is 0. The zero-order chi connectivity index (χ0) is 13.8. The Balaban J connectivity index is 1.74. The Morgan fingerprint density at radius 2 is 2.21 bits per heavy atom. The van der Waals surface area contributed by atoms with E-state index in [0.29, 0.717) is 17.6 Å². The standard InChI is InChI=1S/C13H22N4OS/c1-9(2)6-7-14-11(18)8-19-13-16-15-12(17(13)3)10-4-5-10/h9-10H,4-8H2,1-3H3,(H,14,18). The van der Waals surface area contributed by atoms with Gasteiger partial charge >= 0.3 is 0 Å². The second-order valence-corrected chi connectivity index (χ2v) is 6.44. The van der Waals surface area contributed by atoms with Gasteiger partial charge in [-0.05, 0) is 25.2 Å². The number of carbonyl (C=O) groups is 1. The highest BCUT2D eigenvalue weighted by Crippen LogP contribution is 2.39. The topological polar surface area (TPSA) is 59.8 Å². The van der Waals surface area contributed by atoms with Gasteiger partial charge in [0.25, 0.3) is 0 Å². The van der Waals surface area contributed by atoms with E-state index in [1.165, 1.54) is 24.6 Å². The average Bonchev–Trinajstić information content (AvgIpc) is 3.11. The molecule has 1 N–H and O–H groups in total. The Labute approximate surface area is 118 Å². The first-order valence-electron chi connectivity index (χ1n) is 6.86. The summed E-state index contributed by atoms with van der Waals surface area (Å²) in [4.78, 5) is 11.7. The number of rotatable bonds is 7. The number of nitrogens with zero attached hydrogens (tertiary/aromatic N) is 3. The van der Waals surface area contributed by atoms with E-state index >= 15 is 0 Å². The lowest BCUT2D eigenvalue weighted by Crippen LogP contribution is -2.27. The molecule has 0 saturated heterocycles. The minimum Gasteiger partial charge on any atom is -0.355 e. The third kappa shape index (κ3) is 4.23. The molecule has 1 amide bonds. The largest absolute Gasteiger partial charge is 0.355 e. The van der Waals surface area contributed by atoms with Crippen molar-refractivity contribution in [1.82, 2.24) is 20.1 Å². The van der Waals surface area contributed by atoms with Gasteiger partial charge in [-0.2, -0.15) is 0 Å². The summed E-state index contributed by atoms with van der Waals surface area (Å²) in [7, 11) is 1.98. The molecule has 1 saturated carbocycles. The molecule has 106 valence electrons. The minimum absolute atomic E-state index is 0.0709. The lowest BCUT2D eigenvalue weighted by molar-refractivity contribution is -0.118. The SMILES string of the molecule is CC(C)CCNC(=O)CSc1nnc(C2CC2)n1C. The van der Waals surface area contributed by atoms with Crippen LogP contribution >= 0.6 is 11.8 Å². The van der Waals surface area contributed by atoms with E-state index in [0.717, 1.165) is 23.9 Å². The number of amides is 1. The lowest BCUT2D eigenvalue weighted by Gasteiger charge is -2.07. The van der Waals surface area contributed by atoms with E-state index in [9.17, 15) is 4.79 Å². The highest BCUT2D eigenvalue weighted by Gasteiger charge is 2.29. The molecule has 0 radical (unpaired) electrons. The summed E-state index contributed by atoms with van der Waals surface area (Å²) in [6.07, 6.45) is 3.45. The van der Waals surface area contributed by atoms with Gasteiger partial charge in [-0.25, -0.2) is 0 Å². The molecule has 1 aliphatic carbocycles. The molecule has 0 aromatic carbocycles. The predicted molar refractivity (Wildman–Crippen MR) is 76.2 cm³/mol. The van der Waals surface area contributed by atoms with Crippen molar-refractivity contribution in [3.63, 3.8) is 0 Å². The molecular weight excluding hydrogens is 260 g/mol. The molecule has 0 spiro atoms. The normalized spacial score (nSPS) is 14.9. The Morgan fingerprint density at radius 1 is 1.47 bits per heavy atom. The van der Waals surface area contributed by atoms with Gasteiger partial charge in [-0.15, -0.1) is 10.2 Å². The van der Waals surface area contributed by atoms with Crippen LogP contribution in [0.3, 0.4) is 0 Å². The molecule has 5 nitrogen and oxygen atoms in total. The molecule has 1 aromatic rings. The van der Waals surface area contributed by atoms with Crippen LogP contribution in [0.25, 0.3) is 0 Å². The van der Waals surface area contributed by atoms with Gasteiger partial charge < -0.3 is 9.88 Å². The fourth-order valence-electron chi connectivity index (χ4n) is 1.83. The highest BCUT2D eigenvalue weighted by molar-refractivity contribution is 7.99. The molecule has 0 unspecified atom stereocenters. The number of thioether (sulfide) groups is 1. The highest BCUT2D eigenvalue weighted by atomic mass is 32.2. The van der Waals surface area contributed by atoms with Crippen molar-refractivity contribution >= 4 is 17.7 Å². The van der Waals surface area contributed by atoms with Crippen LogP contribution in [0.4, 0.5) is 0 Å². The van der Waals surface area contributed by atoms with Crippen molar-refractivity contribution in [2.75, 3.05) is 12.3 Å². The van der Waals surface area contributed by atoms with Crippen LogP contribution in [0.1, 0.15) is 44.9 Å². The molecule has 0 atom stereocenters. The Morgan fingerprint density at radius 3 is 2.84 bits per heavy atom. The van der Waals surface area contributed by atoms with Gasteiger partial charge in [0.2, 0.25) is 5.91 Å². The Kier molecular flexibility index (Phi) is 4.85. The summed E-state index contributed by atoms with van der Waals surface area (Å²) >= 11 is 1.46. The third-order valence-electron chi connectivity index (χ3n) is 3.19. The van der Waals surface area contributed by atoms with Gasteiger partial charge in [-0.1, -0.05) is 25.6 Å². The van der Waals surface area contributed by atoms with E-state index in [2.05, 4.69) is 29.4 Å². The van der Waals surface area contributed by atoms with E-state index < -0.39 is 0 Å². The Hall–Kier alpha value is -1.04. The lowest BCUT2D eigenvalue weighted by atomic mass is 10.1. The predicted octanol–water partition coefficient (Wildman–Crippen LogP) is 1.95. The number of aromatic nitrogens is 3. The average molecular weight is 282 g/mol. The van der Waals surface area contributed by atoms with Crippen LogP contribution in [0, 0.1) is 5.92 Å². The van der Waals surface area contributed by atoms with E-state index in [-0.39, 0.29) is 5.91 Å². The summed E-state index contributed by atoms with van der Waals surface area (Å²) in [5, 5.41) is 12.1. The van der Waals surface area contributed by atoms with Crippen molar-refractivity contribution in [1.29, 1.82) is 0 Å². The maximum atomic E-state index is 11.7. The van der Waals surface area contributed by atoms with E-state index in [1.54, 1.807) is 0 Å². The van der Waals surface area contributed by atoms with Crippen LogP contribution < -0.4 is 5.32 Å².